The molecule has 0 bridgehead atoms. The molecule has 0 radical (unpaired) electrons. The molecule has 1 aromatic heterocycles. The van der Waals surface area contributed by atoms with E-state index in [1.165, 1.54) is 0 Å². The highest BCUT2D eigenvalue weighted by Gasteiger charge is 2.25. The number of anilines is 1. The van der Waals surface area contributed by atoms with Crippen molar-refractivity contribution in [3.8, 4) is 0 Å². The lowest BCUT2D eigenvalue weighted by Crippen LogP contribution is -2.42. The Balaban J connectivity index is 1.80. The van der Waals surface area contributed by atoms with Crippen LogP contribution >= 0.6 is 0 Å². The first-order valence-electron chi connectivity index (χ1n) is 7.66. The van der Waals surface area contributed by atoms with Crippen molar-refractivity contribution >= 4 is 11.7 Å². The Bertz CT molecular complexity index is 453. The van der Waals surface area contributed by atoms with Gasteiger partial charge in [-0.15, -0.1) is 0 Å². The summed E-state index contributed by atoms with van der Waals surface area (Å²) in [7, 11) is 0. The summed E-state index contributed by atoms with van der Waals surface area (Å²) in [6, 6.07) is 4.11. The number of nitrogens with one attached hydrogen (secondary N) is 1. The molecule has 1 unspecified atom stereocenters. The topological polar surface area (TPSA) is 65.5 Å². The second-order valence-electron chi connectivity index (χ2n) is 5.99. The fraction of sp³-hybridized carbons (Fsp3) is 0.625. The molecule has 0 aliphatic carbocycles. The predicted octanol–water partition coefficient (Wildman–Crippen LogP) is 1.35. The van der Waals surface area contributed by atoms with Crippen LogP contribution in [0.3, 0.4) is 0 Å². The summed E-state index contributed by atoms with van der Waals surface area (Å²) in [5.74, 6) is 1.31. The number of piperidine rings is 1. The number of hydrogen-bond donors (Lipinski definition) is 2. The van der Waals surface area contributed by atoms with Crippen molar-refractivity contribution in [2.24, 2.45) is 11.8 Å². The molecule has 1 saturated heterocycles. The summed E-state index contributed by atoms with van der Waals surface area (Å²) < 4.78 is 0. The maximum atomic E-state index is 12.1. The van der Waals surface area contributed by atoms with E-state index in [9.17, 15) is 4.79 Å². The van der Waals surface area contributed by atoms with Crippen molar-refractivity contribution in [1.29, 1.82) is 0 Å². The minimum atomic E-state index is 0.0811. The van der Waals surface area contributed by atoms with E-state index < -0.39 is 0 Å². The predicted molar refractivity (Wildman–Crippen MR) is 83.2 cm³/mol. The minimum absolute atomic E-state index is 0.0811. The van der Waals surface area contributed by atoms with Gasteiger partial charge in [0.1, 0.15) is 5.82 Å². The zero-order valence-corrected chi connectivity index (χ0v) is 12.9. The van der Waals surface area contributed by atoms with Crippen LogP contribution in [0.15, 0.2) is 18.3 Å². The number of aromatic nitrogens is 1. The monoisotopic (exact) mass is 291 g/mol. The molecule has 1 fully saturated rings. The highest BCUT2D eigenvalue weighted by atomic mass is 16.3. The maximum Gasteiger partial charge on any atom is 0.223 e. The van der Waals surface area contributed by atoms with Crippen molar-refractivity contribution < 1.29 is 9.90 Å². The quantitative estimate of drug-likeness (QED) is 0.859. The first-order chi connectivity index (χ1) is 10.1. The van der Waals surface area contributed by atoms with Crippen molar-refractivity contribution in [1.82, 2.24) is 10.3 Å². The zero-order chi connectivity index (χ0) is 15.2. The summed E-state index contributed by atoms with van der Waals surface area (Å²) in [4.78, 5) is 18.8. The van der Waals surface area contributed by atoms with Crippen molar-refractivity contribution in [3.63, 3.8) is 0 Å². The molecule has 1 amide bonds. The van der Waals surface area contributed by atoms with Crippen LogP contribution in [0.2, 0.25) is 0 Å². The smallest absolute Gasteiger partial charge is 0.223 e. The lowest BCUT2D eigenvalue weighted by atomic mass is 9.95. The van der Waals surface area contributed by atoms with Gasteiger partial charge in [0, 0.05) is 38.4 Å². The zero-order valence-electron chi connectivity index (χ0n) is 12.9. The molecule has 1 aliphatic heterocycles. The van der Waals surface area contributed by atoms with Gasteiger partial charge in [-0.05, 0) is 37.3 Å². The number of carbonyl (C=O) groups is 1. The Kier molecular flexibility index (Phi) is 5.56. The summed E-state index contributed by atoms with van der Waals surface area (Å²) in [5, 5.41) is 11.9. The first kappa shape index (κ1) is 15.8. The third kappa shape index (κ3) is 4.43. The summed E-state index contributed by atoms with van der Waals surface area (Å²) in [5.41, 5.74) is 1.16. The highest BCUT2D eigenvalue weighted by molar-refractivity contribution is 5.78. The Morgan fingerprint density at radius 3 is 2.76 bits per heavy atom. The second kappa shape index (κ2) is 7.41. The molecule has 1 aromatic rings. The number of aryl methyl sites for hydroxylation is 1. The third-order valence-corrected chi connectivity index (χ3v) is 4.02. The minimum Gasteiger partial charge on any atom is -0.396 e. The lowest BCUT2D eigenvalue weighted by Gasteiger charge is -2.32. The number of hydrogen-bond acceptors (Lipinski definition) is 4. The van der Waals surface area contributed by atoms with Gasteiger partial charge in [-0.2, -0.15) is 0 Å². The van der Waals surface area contributed by atoms with Crippen LogP contribution in [-0.2, 0) is 4.79 Å². The Hall–Kier alpha value is -1.62. The van der Waals surface area contributed by atoms with Gasteiger partial charge in [0.2, 0.25) is 5.91 Å². The SMILES string of the molecule is Cc1ccc(N2CCC(C(=O)NCC(C)CO)CC2)nc1. The van der Waals surface area contributed by atoms with Crippen molar-refractivity contribution in [2.75, 3.05) is 31.1 Å². The molecular weight excluding hydrogens is 266 g/mol. The number of pyridine rings is 1. The van der Waals surface area contributed by atoms with Crippen LogP contribution in [0, 0.1) is 18.8 Å². The van der Waals surface area contributed by atoms with Gasteiger partial charge in [0.15, 0.2) is 0 Å². The van der Waals surface area contributed by atoms with Gasteiger partial charge in [-0.3, -0.25) is 4.79 Å². The molecule has 2 heterocycles. The number of carbonyl (C=O) groups excluding carboxylic acids is 1. The number of nitrogens with zero attached hydrogens (tertiary/aromatic N) is 2. The van der Waals surface area contributed by atoms with Gasteiger partial charge in [0.25, 0.3) is 0 Å². The van der Waals surface area contributed by atoms with Gasteiger partial charge < -0.3 is 15.3 Å². The van der Waals surface area contributed by atoms with Gasteiger partial charge in [0.05, 0.1) is 0 Å². The van der Waals surface area contributed by atoms with Crippen LogP contribution in [0.25, 0.3) is 0 Å². The van der Waals surface area contributed by atoms with E-state index in [0.29, 0.717) is 6.54 Å². The Morgan fingerprint density at radius 2 is 2.19 bits per heavy atom. The number of aliphatic hydroxyl groups excluding tert-OH is 1. The van der Waals surface area contributed by atoms with Crippen molar-refractivity contribution in [3.05, 3.63) is 23.9 Å². The standard InChI is InChI=1S/C16H25N3O2/c1-12-3-4-15(17-9-12)19-7-5-14(6-8-19)16(21)18-10-13(2)11-20/h3-4,9,13-14,20H,5-8,10-11H2,1-2H3,(H,18,21). The van der Waals surface area contributed by atoms with E-state index in [2.05, 4.69) is 21.3 Å². The molecular formula is C16H25N3O2. The molecule has 5 nitrogen and oxygen atoms in total. The molecule has 2 N–H and O–H groups in total. The average molecular weight is 291 g/mol. The van der Waals surface area contributed by atoms with Crippen LogP contribution in [-0.4, -0.2) is 42.2 Å². The average Bonchev–Trinajstić information content (AvgIpc) is 2.53. The largest absolute Gasteiger partial charge is 0.396 e. The van der Waals surface area contributed by atoms with E-state index >= 15 is 0 Å². The third-order valence-electron chi connectivity index (χ3n) is 4.02. The fourth-order valence-corrected chi connectivity index (χ4v) is 2.50. The summed E-state index contributed by atoms with van der Waals surface area (Å²) in [6.45, 7) is 6.34. The van der Waals surface area contributed by atoms with Crippen LogP contribution < -0.4 is 10.2 Å². The molecule has 1 atom stereocenters. The molecule has 0 aromatic carbocycles. The molecule has 0 saturated carbocycles. The van der Waals surface area contributed by atoms with Gasteiger partial charge in [-0.1, -0.05) is 13.0 Å². The Labute approximate surface area is 126 Å². The molecule has 5 heteroatoms. The normalized spacial score (nSPS) is 17.6. The van der Waals surface area contributed by atoms with Crippen LogP contribution in [0.4, 0.5) is 5.82 Å². The first-order valence-corrected chi connectivity index (χ1v) is 7.66. The number of amides is 1. The molecule has 2 rings (SSSR count). The molecule has 0 spiro atoms. The van der Waals surface area contributed by atoms with Crippen LogP contribution in [0.1, 0.15) is 25.3 Å². The second-order valence-corrected chi connectivity index (χ2v) is 5.99. The van der Waals surface area contributed by atoms with Gasteiger partial charge >= 0.3 is 0 Å². The Morgan fingerprint density at radius 1 is 1.48 bits per heavy atom. The van der Waals surface area contributed by atoms with Crippen LogP contribution in [0.5, 0.6) is 0 Å². The molecule has 1 aliphatic rings. The number of aliphatic hydroxyl groups is 1. The van der Waals surface area contributed by atoms with Crippen molar-refractivity contribution in [2.45, 2.75) is 26.7 Å². The van der Waals surface area contributed by atoms with E-state index in [1.807, 2.05) is 26.1 Å². The van der Waals surface area contributed by atoms with Gasteiger partial charge in [-0.25, -0.2) is 4.98 Å². The lowest BCUT2D eigenvalue weighted by molar-refractivity contribution is -0.125. The maximum absolute atomic E-state index is 12.1. The van der Waals surface area contributed by atoms with E-state index in [1.54, 1.807) is 0 Å². The highest BCUT2D eigenvalue weighted by Crippen LogP contribution is 2.22. The molecule has 21 heavy (non-hydrogen) atoms. The number of rotatable bonds is 5. The van der Waals surface area contributed by atoms with E-state index in [0.717, 1.165) is 37.3 Å². The summed E-state index contributed by atoms with van der Waals surface area (Å²) >= 11 is 0. The summed E-state index contributed by atoms with van der Waals surface area (Å²) in [6.07, 6.45) is 3.59. The molecule has 116 valence electrons. The van der Waals surface area contributed by atoms with E-state index in [4.69, 9.17) is 5.11 Å². The van der Waals surface area contributed by atoms with E-state index in [-0.39, 0.29) is 24.3 Å². The fourth-order valence-electron chi connectivity index (χ4n) is 2.50.